The van der Waals surface area contributed by atoms with E-state index in [9.17, 15) is 9.59 Å². The third-order valence-electron chi connectivity index (χ3n) is 3.77. The summed E-state index contributed by atoms with van der Waals surface area (Å²) in [5, 5.41) is 1.25. The van der Waals surface area contributed by atoms with Crippen molar-refractivity contribution >= 4 is 46.2 Å². The average molecular weight is 464 g/mol. The van der Waals surface area contributed by atoms with E-state index in [0.29, 0.717) is 29.4 Å². The van der Waals surface area contributed by atoms with Crippen molar-refractivity contribution in [1.29, 1.82) is 0 Å². The highest BCUT2D eigenvalue weighted by molar-refractivity contribution is 14.1. The van der Waals surface area contributed by atoms with Gasteiger partial charge in [0.15, 0.2) is 11.5 Å². The maximum atomic E-state index is 12.6. The molecular formula is C19H17IN2O4. The number of benzene rings is 2. The molecule has 1 aliphatic heterocycles. The van der Waals surface area contributed by atoms with Gasteiger partial charge >= 0.3 is 0 Å². The van der Waals surface area contributed by atoms with Crippen molar-refractivity contribution in [2.24, 2.45) is 0 Å². The van der Waals surface area contributed by atoms with E-state index in [0.717, 1.165) is 3.57 Å². The minimum Gasteiger partial charge on any atom is -0.493 e. The fraction of sp³-hybridized carbons (Fsp3) is 0.158. The lowest BCUT2D eigenvalue weighted by atomic mass is 10.1. The van der Waals surface area contributed by atoms with E-state index in [1.54, 1.807) is 43.5 Å². The molecule has 26 heavy (non-hydrogen) atoms. The molecule has 0 radical (unpaired) electrons. The van der Waals surface area contributed by atoms with Crippen LogP contribution >= 0.6 is 22.6 Å². The number of carbonyl (C=O) groups is 2. The van der Waals surface area contributed by atoms with E-state index in [1.807, 2.05) is 19.1 Å². The van der Waals surface area contributed by atoms with Crippen LogP contribution in [-0.2, 0) is 9.59 Å². The normalized spacial score (nSPS) is 15.3. The second kappa shape index (κ2) is 7.77. The molecule has 7 heteroatoms. The summed E-state index contributed by atoms with van der Waals surface area (Å²) in [5.41, 5.74) is 3.93. The molecule has 1 fully saturated rings. The molecule has 1 aliphatic rings. The van der Waals surface area contributed by atoms with E-state index in [4.69, 9.17) is 9.47 Å². The molecule has 0 aliphatic carbocycles. The summed E-state index contributed by atoms with van der Waals surface area (Å²) < 4.78 is 11.8. The number of methoxy groups -OCH3 is 1. The number of nitrogens with one attached hydrogen (secondary N) is 1. The fourth-order valence-corrected chi connectivity index (χ4v) is 2.90. The summed E-state index contributed by atoms with van der Waals surface area (Å²) in [6, 6.07) is 12.6. The molecule has 2 amide bonds. The van der Waals surface area contributed by atoms with Gasteiger partial charge in [-0.05, 0) is 77.6 Å². The number of hydrogen-bond acceptors (Lipinski definition) is 4. The first-order valence-corrected chi connectivity index (χ1v) is 9.05. The third kappa shape index (κ3) is 3.67. The van der Waals surface area contributed by atoms with Crippen LogP contribution in [0, 0.1) is 3.57 Å². The Hall–Kier alpha value is -2.55. The molecule has 1 saturated heterocycles. The van der Waals surface area contributed by atoms with Gasteiger partial charge in [0.2, 0.25) is 0 Å². The van der Waals surface area contributed by atoms with Gasteiger partial charge in [0.1, 0.15) is 5.57 Å². The van der Waals surface area contributed by atoms with Crippen molar-refractivity contribution in [3.05, 3.63) is 57.2 Å². The SMILES string of the molecule is CCOc1ccc(/C=C2/C(=O)NN(c3ccc(I)cc3)C2=O)cc1OC. The second-order valence-electron chi connectivity index (χ2n) is 5.46. The predicted octanol–water partition coefficient (Wildman–Crippen LogP) is 3.16. The van der Waals surface area contributed by atoms with Gasteiger partial charge < -0.3 is 9.47 Å². The van der Waals surface area contributed by atoms with Crippen LogP contribution in [0.5, 0.6) is 11.5 Å². The van der Waals surface area contributed by atoms with Crippen LogP contribution in [0.2, 0.25) is 0 Å². The molecule has 2 aromatic carbocycles. The highest BCUT2D eigenvalue weighted by Crippen LogP contribution is 2.30. The Labute approximate surface area is 164 Å². The van der Waals surface area contributed by atoms with Crippen LogP contribution < -0.4 is 19.9 Å². The molecule has 0 saturated carbocycles. The molecule has 0 unspecified atom stereocenters. The average Bonchev–Trinajstić information content (AvgIpc) is 2.92. The Morgan fingerprint density at radius 2 is 1.85 bits per heavy atom. The lowest BCUT2D eigenvalue weighted by Crippen LogP contribution is -2.35. The van der Waals surface area contributed by atoms with Gasteiger partial charge in [0.25, 0.3) is 11.8 Å². The highest BCUT2D eigenvalue weighted by atomic mass is 127. The molecule has 6 nitrogen and oxygen atoms in total. The first-order valence-electron chi connectivity index (χ1n) is 7.97. The zero-order valence-corrected chi connectivity index (χ0v) is 16.4. The monoisotopic (exact) mass is 464 g/mol. The Morgan fingerprint density at radius 1 is 1.12 bits per heavy atom. The summed E-state index contributed by atoms with van der Waals surface area (Å²) in [5.74, 6) is 0.312. The number of nitrogens with zero attached hydrogens (tertiary/aromatic N) is 1. The molecule has 3 rings (SSSR count). The van der Waals surface area contributed by atoms with Crippen LogP contribution in [0.25, 0.3) is 6.08 Å². The Kier molecular flexibility index (Phi) is 5.46. The van der Waals surface area contributed by atoms with Crippen molar-refractivity contribution in [2.45, 2.75) is 6.92 Å². The van der Waals surface area contributed by atoms with Gasteiger partial charge in [-0.15, -0.1) is 0 Å². The minimum atomic E-state index is -0.443. The quantitative estimate of drug-likeness (QED) is 0.420. The van der Waals surface area contributed by atoms with Gasteiger partial charge in [0, 0.05) is 3.57 Å². The van der Waals surface area contributed by atoms with Crippen molar-refractivity contribution < 1.29 is 19.1 Å². The maximum Gasteiger partial charge on any atom is 0.282 e. The lowest BCUT2D eigenvalue weighted by molar-refractivity contribution is -0.117. The number of carbonyl (C=O) groups excluding carboxylic acids is 2. The molecular weight excluding hydrogens is 447 g/mol. The summed E-state index contributed by atoms with van der Waals surface area (Å²) in [7, 11) is 1.54. The standard InChI is InChI=1S/C19H17IN2O4/c1-3-26-16-9-4-12(11-17(16)25-2)10-15-18(23)21-22(19(15)24)14-7-5-13(20)6-8-14/h4-11H,3H2,1-2H3,(H,21,23)/b15-10-. The summed E-state index contributed by atoms with van der Waals surface area (Å²) >= 11 is 2.18. The third-order valence-corrected chi connectivity index (χ3v) is 4.49. The predicted molar refractivity (Wildman–Crippen MR) is 107 cm³/mol. The molecule has 1 N–H and O–H groups in total. The molecule has 0 bridgehead atoms. The van der Waals surface area contributed by atoms with Crippen LogP contribution in [0.1, 0.15) is 12.5 Å². The van der Waals surface area contributed by atoms with E-state index < -0.39 is 11.8 Å². The van der Waals surface area contributed by atoms with Crippen molar-refractivity contribution in [3.63, 3.8) is 0 Å². The molecule has 2 aromatic rings. The first-order chi connectivity index (χ1) is 12.5. The first kappa shape index (κ1) is 18.2. The number of ether oxygens (including phenoxy) is 2. The summed E-state index contributed by atoms with van der Waals surface area (Å²) in [4.78, 5) is 24.9. The van der Waals surface area contributed by atoms with Crippen LogP contribution in [-0.4, -0.2) is 25.5 Å². The van der Waals surface area contributed by atoms with Crippen LogP contribution in [0.3, 0.4) is 0 Å². The molecule has 0 atom stereocenters. The fourth-order valence-electron chi connectivity index (χ4n) is 2.54. The highest BCUT2D eigenvalue weighted by Gasteiger charge is 2.34. The van der Waals surface area contributed by atoms with Gasteiger partial charge in [0.05, 0.1) is 19.4 Å². The van der Waals surface area contributed by atoms with E-state index >= 15 is 0 Å². The minimum absolute atomic E-state index is 0.0646. The van der Waals surface area contributed by atoms with Crippen molar-refractivity contribution in [2.75, 3.05) is 18.7 Å². The largest absolute Gasteiger partial charge is 0.493 e. The van der Waals surface area contributed by atoms with Crippen molar-refractivity contribution in [3.8, 4) is 11.5 Å². The molecule has 1 heterocycles. The number of halogens is 1. The van der Waals surface area contributed by atoms with E-state index in [-0.39, 0.29) is 5.57 Å². The summed E-state index contributed by atoms with van der Waals surface area (Å²) in [6.45, 7) is 2.40. The van der Waals surface area contributed by atoms with E-state index in [1.165, 1.54) is 5.01 Å². The van der Waals surface area contributed by atoms with Gasteiger partial charge in [-0.1, -0.05) is 6.07 Å². The lowest BCUT2D eigenvalue weighted by Gasteiger charge is -2.14. The molecule has 134 valence electrons. The zero-order chi connectivity index (χ0) is 18.7. The Morgan fingerprint density at radius 3 is 2.50 bits per heavy atom. The number of rotatable bonds is 5. The molecule has 0 aromatic heterocycles. The van der Waals surface area contributed by atoms with Gasteiger partial charge in [-0.3, -0.25) is 15.0 Å². The summed E-state index contributed by atoms with van der Waals surface area (Å²) in [6.07, 6.45) is 1.54. The topological polar surface area (TPSA) is 67.9 Å². The zero-order valence-electron chi connectivity index (χ0n) is 14.3. The second-order valence-corrected chi connectivity index (χ2v) is 6.70. The van der Waals surface area contributed by atoms with Gasteiger partial charge in [-0.2, -0.15) is 0 Å². The Balaban J connectivity index is 1.90. The number of hydrogen-bond donors (Lipinski definition) is 1. The maximum absolute atomic E-state index is 12.6. The van der Waals surface area contributed by atoms with Gasteiger partial charge in [-0.25, -0.2) is 5.01 Å². The Bertz CT molecular complexity index is 878. The van der Waals surface area contributed by atoms with Crippen LogP contribution in [0.15, 0.2) is 48.0 Å². The molecule has 0 spiro atoms. The van der Waals surface area contributed by atoms with Crippen LogP contribution in [0.4, 0.5) is 5.69 Å². The number of anilines is 1. The smallest absolute Gasteiger partial charge is 0.282 e. The number of amides is 2. The number of hydrazine groups is 1. The van der Waals surface area contributed by atoms with E-state index in [2.05, 4.69) is 28.0 Å². The van der Waals surface area contributed by atoms with Crippen molar-refractivity contribution in [1.82, 2.24) is 5.43 Å².